The molecule has 2 aromatic rings. The Labute approximate surface area is 118 Å². The molecule has 4 nitrogen and oxygen atoms in total. The lowest BCUT2D eigenvalue weighted by atomic mass is 10.0. The highest BCUT2D eigenvalue weighted by Gasteiger charge is 2.16. The van der Waals surface area contributed by atoms with Crippen LogP contribution in [0.25, 0.3) is 0 Å². The topological polar surface area (TPSA) is 50.7 Å². The average molecular weight is 276 g/mol. The SMILES string of the molecule is CCNC(Cc1csc(C)n1)c1cc(C)nnc1C. The van der Waals surface area contributed by atoms with E-state index in [9.17, 15) is 0 Å². The third kappa shape index (κ3) is 3.58. The van der Waals surface area contributed by atoms with Gasteiger partial charge in [-0.05, 0) is 38.9 Å². The summed E-state index contributed by atoms with van der Waals surface area (Å²) < 4.78 is 0. The molecule has 1 unspecified atom stereocenters. The van der Waals surface area contributed by atoms with Crippen LogP contribution in [-0.2, 0) is 6.42 Å². The molecule has 0 saturated carbocycles. The van der Waals surface area contributed by atoms with Crippen LogP contribution < -0.4 is 5.32 Å². The van der Waals surface area contributed by atoms with Crippen LogP contribution in [-0.4, -0.2) is 21.7 Å². The Morgan fingerprint density at radius 3 is 2.68 bits per heavy atom. The van der Waals surface area contributed by atoms with E-state index < -0.39 is 0 Å². The second-order valence-corrected chi connectivity index (χ2v) is 5.76. The van der Waals surface area contributed by atoms with Crippen LogP contribution in [0.15, 0.2) is 11.4 Å². The lowest BCUT2D eigenvalue weighted by Crippen LogP contribution is -2.24. The van der Waals surface area contributed by atoms with Gasteiger partial charge in [-0.25, -0.2) is 4.98 Å². The first kappa shape index (κ1) is 14.1. The van der Waals surface area contributed by atoms with Crippen molar-refractivity contribution < 1.29 is 0 Å². The van der Waals surface area contributed by atoms with Gasteiger partial charge in [0.05, 0.1) is 22.1 Å². The largest absolute Gasteiger partial charge is 0.310 e. The number of aromatic nitrogens is 3. The number of nitrogens with zero attached hydrogens (tertiary/aromatic N) is 3. The molecule has 2 aromatic heterocycles. The number of aryl methyl sites for hydroxylation is 3. The van der Waals surface area contributed by atoms with Gasteiger partial charge >= 0.3 is 0 Å². The zero-order valence-corrected chi connectivity index (χ0v) is 12.7. The van der Waals surface area contributed by atoms with Crippen molar-refractivity contribution >= 4 is 11.3 Å². The molecule has 1 atom stereocenters. The first-order valence-corrected chi connectivity index (χ1v) is 7.43. The summed E-state index contributed by atoms with van der Waals surface area (Å²) in [5.74, 6) is 0. The molecule has 102 valence electrons. The van der Waals surface area contributed by atoms with Crippen molar-refractivity contribution in [2.75, 3.05) is 6.54 Å². The number of hydrogen-bond donors (Lipinski definition) is 1. The molecule has 1 N–H and O–H groups in total. The first-order chi connectivity index (χ1) is 9.10. The van der Waals surface area contributed by atoms with E-state index >= 15 is 0 Å². The molecule has 0 aliphatic carbocycles. The van der Waals surface area contributed by atoms with E-state index in [2.05, 4.69) is 38.9 Å². The van der Waals surface area contributed by atoms with Gasteiger partial charge < -0.3 is 5.32 Å². The molecule has 0 saturated heterocycles. The first-order valence-electron chi connectivity index (χ1n) is 6.55. The van der Waals surface area contributed by atoms with E-state index in [0.29, 0.717) is 0 Å². The molecule has 0 amide bonds. The standard InChI is InChI=1S/C14H20N4S/c1-5-15-14(7-12-8-19-11(4)16-12)13-6-9(2)17-18-10(13)3/h6,8,14-15H,5,7H2,1-4H3. The van der Waals surface area contributed by atoms with Crippen molar-refractivity contribution in [3.63, 3.8) is 0 Å². The normalized spacial score (nSPS) is 12.6. The van der Waals surface area contributed by atoms with Crippen molar-refractivity contribution in [1.82, 2.24) is 20.5 Å². The molecule has 0 aliphatic heterocycles. The molecule has 0 fully saturated rings. The summed E-state index contributed by atoms with van der Waals surface area (Å²) in [4.78, 5) is 4.55. The van der Waals surface area contributed by atoms with Crippen molar-refractivity contribution in [2.24, 2.45) is 0 Å². The van der Waals surface area contributed by atoms with Gasteiger partial charge in [-0.3, -0.25) is 0 Å². The zero-order chi connectivity index (χ0) is 13.8. The average Bonchev–Trinajstić information content (AvgIpc) is 2.77. The van der Waals surface area contributed by atoms with Gasteiger partial charge in [0.25, 0.3) is 0 Å². The van der Waals surface area contributed by atoms with Crippen LogP contribution in [0.4, 0.5) is 0 Å². The van der Waals surface area contributed by atoms with Crippen molar-refractivity contribution in [3.8, 4) is 0 Å². The van der Waals surface area contributed by atoms with Crippen molar-refractivity contribution in [2.45, 2.75) is 40.2 Å². The molecule has 5 heteroatoms. The van der Waals surface area contributed by atoms with E-state index in [-0.39, 0.29) is 6.04 Å². The molecule has 0 aliphatic rings. The summed E-state index contributed by atoms with van der Waals surface area (Å²) >= 11 is 1.70. The van der Waals surface area contributed by atoms with Crippen LogP contribution in [0.5, 0.6) is 0 Å². The van der Waals surface area contributed by atoms with E-state index in [1.54, 1.807) is 11.3 Å². The van der Waals surface area contributed by atoms with Gasteiger partial charge in [-0.1, -0.05) is 6.92 Å². The highest BCUT2D eigenvalue weighted by molar-refractivity contribution is 7.09. The van der Waals surface area contributed by atoms with E-state index in [4.69, 9.17) is 0 Å². The molecular formula is C14H20N4S. The summed E-state index contributed by atoms with van der Waals surface area (Å²) in [5.41, 5.74) is 4.31. The third-order valence-corrected chi connectivity index (χ3v) is 3.87. The smallest absolute Gasteiger partial charge is 0.0897 e. The minimum Gasteiger partial charge on any atom is -0.310 e. The highest BCUT2D eigenvalue weighted by Crippen LogP contribution is 2.22. The Morgan fingerprint density at radius 1 is 1.26 bits per heavy atom. The second kappa shape index (κ2) is 6.21. The third-order valence-electron chi connectivity index (χ3n) is 3.05. The predicted octanol–water partition coefficient (Wildman–Crippen LogP) is 2.75. The molecule has 0 aromatic carbocycles. The van der Waals surface area contributed by atoms with E-state index in [1.165, 1.54) is 5.56 Å². The molecule has 19 heavy (non-hydrogen) atoms. The van der Waals surface area contributed by atoms with Crippen LogP contribution >= 0.6 is 11.3 Å². The van der Waals surface area contributed by atoms with Crippen LogP contribution in [0.2, 0.25) is 0 Å². The van der Waals surface area contributed by atoms with Crippen LogP contribution in [0.3, 0.4) is 0 Å². The van der Waals surface area contributed by atoms with Gasteiger partial charge in [-0.2, -0.15) is 10.2 Å². The maximum Gasteiger partial charge on any atom is 0.0897 e. The summed E-state index contributed by atoms with van der Waals surface area (Å²) in [6.07, 6.45) is 0.893. The summed E-state index contributed by atoms with van der Waals surface area (Å²) in [6, 6.07) is 2.37. The Bertz CT molecular complexity index is 550. The fraction of sp³-hybridized carbons (Fsp3) is 0.500. The van der Waals surface area contributed by atoms with Crippen LogP contribution in [0, 0.1) is 20.8 Å². The predicted molar refractivity (Wildman–Crippen MR) is 78.5 cm³/mol. The summed E-state index contributed by atoms with van der Waals surface area (Å²) in [5, 5.41) is 15.1. The molecular weight excluding hydrogens is 256 g/mol. The monoisotopic (exact) mass is 276 g/mol. The molecule has 2 heterocycles. The molecule has 0 bridgehead atoms. The van der Waals surface area contributed by atoms with E-state index in [1.807, 2.05) is 20.8 Å². The fourth-order valence-electron chi connectivity index (χ4n) is 2.17. The number of nitrogens with one attached hydrogen (secondary N) is 1. The number of rotatable bonds is 5. The minimum absolute atomic E-state index is 0.251. The summed E-state index contributed by atoms with van der Waals surface area (Å²) in [6.45, 7) is 9.08. The number of likely N-dealkylation sites (N-methyl/N-ethyl adjacent to an activating group) is 1. The van der Waals surface area contributed by atoms with Gasteiger partial charge in [0.1, 0.15) is 0 Å². The molecule has 2 rings (SSSR count). The molecule has 0 radical (unpaired) electrons. The quantitative estimate of drug-likeness (QED) is 0.912. The van der Waals surface area contributed by atoms with Gasteiger partial charge in [0, 0.05) is 17.8 Å². The van der Waals surface area contributed by atoms with E-state index in [0.717, 1.165) is 35.1 Å². The number of hydrogen-bond acceptors (Lipinski definition) is 5. The lowest BCUT2D eigenvalue weighted by molar-refractivity contribution is 0.537. The lowest BCUT2D eigenvalue weighted by Gasteiger charge is -2.19. The zero-order valence-electron chi connectivity index (χ0n) is 11.9. The van der Waals surface area contributed by atoms with Crippen molar-refractivity contribution in [3.05, 3.63) is 39.1 Å². The Kier molecular flexibility index (Phi) is 4.61. The van der Waals surface area contributed by atoms with Gasteiger partial charge in [-0.15, -0.1) is 11.3 Å². The molecule has 0 spiro atoms. The maximum absolute atomic E-state index is 4.55. The van der Waals surface area contributed by atoms with Gasteiger partial charge in [0.15, 0.2) is 0 Å². The minimum atomic E-state index is 0.251. The fourth-order valence-corrected chi connectivity index (χ4v) is 2.80. The van der Waals surface area contributed by atoms with Crippen molar-refractivity contribution in [1.29, 1.82) is 0 Å². The van der Waals surface area contributed by atoms with Crippen LogP contribution in [0.1, 0.15) is 40.6 Å². The Hall–Kier alpha value is -1.33. The Balaban J connectivity index is 2.26. The number of thiazole rings is 1. The maximum atomic E-state index is 4.55. The highest BCUT2D eigenvalue weighted by atomic mass is 32.1. The van der Waals surface area contributed by atoms with Gasteiger partial charge in [0.2, 0.25) is 0 Å². The summed E-state index contributed by atoms with van der Waals surface area (Å²) in [7, 11) is 0. The Morgan fingerprint density at radius 2 is 2.05 bits per heavy atom. The second-order valence-electron chi connectivity index (χ2n) is 4.70.